The predicted molar refractivity (Wildman–Crippen MR) is 246 cm³/mol. The maximum absolute atomic E-state index is 2.48. The molecule has 7 aromatic carbocycles. The van der Waals surface area contributed by atoms with Gasteiger partial charge in [-0.3, -0.25) is 0 Å². The second kappa shape index (κ2) is 12.3. The Bertz CT molecular complexity index is 3030. The van der Waals surface area contributed by atoms with Crippen molar-refractivity contribution in [2.45, 2.75) is 50.9 Å². The number of fused-ring (bicyclic) bond motifs is 9. The zero-order valence-electron chi connectivity index (χ0n) is 34.2. The number of hydrogen-bond acceptors (Lipinski definition) is 1. The van der Waals surface area contributed by atoms with Crippen molar-refractivity contribution in [2.75, 3.05) is 11.9 Å². The number of hydrogen-bond donors (Lipinski definition) is 0. The molecule has 8 aromatic rings. The molecule has 282 valence electrons. The van der Waals surface area contributed by atoms with Gasteiger partial charge in [0, 0.05) is 45.7 Å². The largest absolute Gasteiger partial charge is 0.345 e. The minimum Gasteiger partial charge on any atom is -0.345 e. The van der Waals surface area contributed by atoms with Crippen LogP contribution < -0.4 is 4.90 Å². The molecule has 0 fully saturated rings. The lowest BCUT2D eigenvalue weighted by atomic mass is 9.67. The standard InChI is InChI=1S/C56H48N2/c1-54(2)47-17-11-10-16-43(47)44-27-19-38(34-49(44)54)36-21-29-51-45(32-36)46-33-37(39-20-28-48-50(35-39)55(3,4)53-18-12-13-31-56(48,53)5)22-30-52(46)58(51)42-25-23-41(24-26-42)57(6)40-14-8-7-9-15-40/h7-35,53H,1-6H3. The third-order valence-electron chi connectivity index (χ3n) is 14.2. The van der Waals surface area contributed by atoms with Crippen molar-refractivity contribution in [3.05, 3.63) is 198 Å². The summed E-state index contributed by atoms with van der Waals surface area (Å²) in [6, 6.07) is 57.0. The third-order valence-corrected chi connectivity index (χ3v) is 14.2. The smallest absolute Gasteiger partial charge is 0.0541 e. The van der Waals surface area contributed by atoms with E-state index in [4.69, 9.17) is 0 Å². The molecule has 0 spiro atoms. The first kappa shape index (κ1) is 34.8. The quantitative estimate of drug-likeness (QED) is 0.170. The minimum absolute atomic E-state index is 0.0148. The van der Waals surface area contributed by atoms with E-state index >= 15 is 0 Å². The van der Waals surface area contributed by atoms with Crippen LogP contribution in [0.15, 0.2) is 176 Å². The fourth-order valence-electron chi connectivity index (χ4n) is 11.0. The molecule has 3 aliphatic carbocycles. The monoisotopic (exact) mass is 748 g/mol. The van der Waals surface area contributed by atoms with Gasteiger partial charge in [0.25, 0.3) is 0 Å². The summed E-state index contributed by atoms with van der Waals surface area (Å²) in [5, 5.41) is 2.53. The van der Waals surface area contributed by atoms with Gasteiger partial charge in [-0.25, -0.2) is 0 Å². The van der Waals surface area contributed by atoms with Gasteiger partial charge in [0.2, 0.25) is 0 Å². The molecule has 0 saturated carbocycles. The molecular weight excluding hydrogens is 701 g/mol. The van der Waals surface area contributed by atoms with Crippen LogP contribution in [0, 0.1) is 5.92 Å². The lowest BCUT2D eigenvalue weighted by molar-refractivity contribution is 0.324. The summed E-state index contributed by atoms with van der Waals surface area (Å²) in [5.74, 6) is 0.437. The summed E-state index contributed by atoms with van der Waals surface area (Å²) in [6.45, 7) is 12.0. The highest BCUT2D eigenvalue weighted by Crippen LogP contribution is 2.57. The summed E-state index contributed by atoms with van der Waals surface area (Å²) in [5.41, 5.74) is 19.3. The minimum atomic E-state index is -0.0517. The van der Waals surface area contributed by atoms with Crippen molar-refractivity contribution in [2.24, 2.45) is 5.92 Å². The van der Waals surface area contributed by atoms with Crippen molar-refractivity contribution >= 4 is 33.2 Å². The van der Waals surface area contributed by atoms with Gasteiger partial charge in [0.05, 0.1) is 11.0 Å². The molecule has 2 atom stereocenters. The zero-order chi connectivity index (χ0) is 39.6. The molecule has 0 amide bonds. The molecule has 2 heteroatoms. The highest BCUT2D eigenvalue weighted by Gasteiger charge is 2.51. The fraction of sp³-hybridized carbons (Fsp3) is 0.179. The lowest BCUT2D eigenvalue weighted by Gasteiger charge is -2.36. The first-order valence-corrected chi connectivity index (χ1v) is 20.8. The highest BCUT2D eigenvalue weighted by molar-refractivity contribution is 6.11. The number of para-hydroxylation sites is 1. The summed E-state index contributed by atoms with van der Waals surface area (Å²) >= 11 is 0. The van der Waals surface area contributed by atoms with Gasteiger partial charge in [0.15, 0.2) is 0 Å². The van der Waals surface area contributed by atoms with E-state index in [0.29, 0.717) is 5.92 Å². The number of benzene rings is 7. The summed E-state index contributed by atoms with van der Waals surface area (Å²) in [6.07, 6.45) is 9.30. The van der Waals surface area contributed by atoms with E-state index in [-0.39, 0.29) is 16.2 Å². The van der Waals surface area contributed by atoms with E-state index in [9.17, 15) is 0 Å². The first-order valence-electron chi connectivity index (χ1n) is 20.8. The van der Waals surface area contributed by atoms with Crippen molar-refractivity contribution in [3.63, 3.8) is 0 Å². The Kier molecular flexibility index (Phi) is 7.39. The topological polar surface area (TPSA) is 8.17 Å². The Labute approximate surface area is 342 Å². The average Bonchev–Trinajstić information content (AvgIpc) is 3.77. The van der Waals surface area contributed by atoms with E-state index in [1.165, 1.54) is 83.1 Å². The Morgan fingerprint density at radius 2 is 1.05 bits per heavy atom. The normalized spacial score (nSPS) is 19.2. The lowest BCUT2D eigenvalue weighted by Crippen LogP contribution is -2.33. The van der Waals surface area contributed by atoms with Crippen LogP contribution in [0.1, 0.15) is 56.9 Å². The summed E-state index contributed by atoms with van der Waals surface area (Å²) in [4.78, 5) is 2.24. The Morgan fingerprint density at radius 3 is 1.76 bits per heavy atom. The number of anilines is 2. The predicted octanol–water partition coefficient (Wildman–Crippen LogP) is 14.5. The average molecular weight is 749 g/mol. The molecule has 0 radical (unpaired) electrons. The van der Waals surface area contributed by atoms with Gasteiger partial charge in [-0.15, -0.1) is 0 Å². The van der Waals surface area contributed by atoms with E-state index in [0.717, 1.165) is 11.4 Å². The van der Waals surface area contributed by atoms with Crippen LogP contribution >= 0.6 is 0 Å². The molecule has 0 aliphatic heterocycles. The first-order chi connectivity index (χ1) is 28.0. The number of rotatable bonds is 5. The molecule has 1 aromatic heterocycles. The number of aromatic nitrogens is 1. The zero-order valence-corrected chi connectivity index (χ0v) is 34.2. The van der Waals surface area contributed by atoms with Crippen LogP contribution in [-0.2, 0) is 16.2 Å². The Morgan fingerprint density at radius 1 is 0.483 bits per heavy atom. The van der Waals surface area contributed by atoms with Crippen molar-refractivity contribution in [3.8, 4) is 39.1 Å². The van der Waals surface area contributed by atoms with Crippen LogP contribution in [-0.4, -0.2) is 11.6 Å². The van der Waals surface area contributed by atoms with E-state index in [2.05, 4.69) is 227 Å². The molecule has 0 N–H and O–H groups in total. The van der Waals surface area contributed by atoms with Gasteiger partial charge in [-0.2, -0.15) is 0 Å². The van der Waals surface area contributed by atoms with Gasteiger partial charge >= 0.3 is 0 Å². The number of allylic oxidation sites excluding steroid dienone is 4. The van der Waals surface area contributed by atoms with Crippen molar-refractivity contribution < 1.29 is 0 Å². The Hall–Kier alpha value is -6.38. The fourth-order valence-corrected chi connectivity index (χ4v) is 11.0. The van der Waals surface area contributed by atoms with Crippen molar-refractivity contribution in [1.29, 1.82) is 0 Å². The van der Waals surface area contributed by atoms with Crippen molar-refractivity contribution in [1.82, 2.24) is 4.57 Å². The van der Waals surface area contributed by atoms with E-state index in [1.807, 2.05) is 0 Å². The molecule has 58 heavy (non-hydrogen) atoms. The maximum atomic E-state index is 2.48. The molecule has 3 aliphatic rings. The number of nitrogens with zero attached hydrogens (tertiary/aromatic N) is 2. The van der Waals surface area contributed by atoms with E-state index < -0.39 is 0 Å². The summed E-state index contributed by atoms with van der Waals surface area (Å²) < 4.78 is 2.45. The van der Waals surface area contributed by atoms with Crippen LogP contribution in [0.25, 0.3) is 60.9 Å². The second-order valence-corrected chi connectivity index (χ2v) is 18.1. The van der Waals surface area contributed by atoms with Crippen LogP contribution in [0.2, 0.25) is 0 Å². The molecular formula is C56H48N2. The molecule has 1 heterocycles. The van der Waals surface area contributed by atoms with Crippen LogP contribution in [0.5, 0.6) is 0 Å². The SMILES string of the molecule is CN(c1ccccc1)c1ccc(-n2c3ccc(-c4ccc5c(c4)C(C)(C)c4ccccc4-5)cc3c3cc(-c4ccc5c(c4)C(C)(C)C4C=CC=CC54C)ccc32)cc1. The van der Waals surface area contributed by atoms with E-state index in [1.54, 1.807) is 0 Å². The van der Waals surface area contributed by atoms with Gasteiger partial charge in [0.1, 0.15) is 0 Å². The molecule has 2 unspecified atom stereocenters. The van der Waals surface area contributed by atoms with Gasteiger partial charge < -0.3 is 9.47 Å². The van der Waals surface area contributed by atoms with Gasteiger partial charge in [-0.1, -0.05) is 144 Å². The van der Waals surface area contributed by atoms with Crippen LogP contribution in [0.4, 0.5) is 11.4 Å². The van der Waals surface area contributed by atoms with Gasteiger partial charge in [-0.05, 0) is 134 Å². The molecule has 11 rings (SSSR count). The molecule has 2 nitrogen and oxygen atoms in total. The highest BCUT2D eigenvalue weighted by atomic mass is 15.1. The third kappa shape index (κ3) is 4.91. The molecule has 0 bridgehead atoms. The summed E-state index contributed by atoms with van der Waals surface area (Å²) in [7, 11) is 2.13. The second-order valence-electron chi connectivity index (χ2n) is 18.1. The molecule has 0 saturated heterocycles. The maximum Gasteiger partial charge on any atom is 0.0541 e. The Balaban J connectivity index is 1.07. The van der Waals surface area contributed by atoms with Crippen LogP contribution in [0.3, 0.4) is 0 Å².